The molecule has 3 aromatic heterocycles. The Labute approximate surface area is 179 Å². The number of likely N-dealkylation sites (tertiary alicyclic amines) is 1. The Hall–Kier alpha value is -1.67. The molecule has 0 bridgehead atoms. The fourth-order valence-electron chi connectivity index (χ4n) is 4.84. The van der Waals surface area contributed by atoms with Crippen molar-refractivity contribution in [2.45, 2.75) is 76.4 Å². The normalized spacial score (nSPS) is 19.8. The number of aryl methyl sites for hydroxylation is 3. The molecule has 6 nitrogen and oxygen atoms in total. The highest BCUT2D eigenvalue weighted by Crippen LogP contribution is 2.38. The van der Waals surface area contributed by atoms with Crippen LogP contribution in [0.4, 0.5) is 0 Å². The molecule has 1 saturated heterocycles. The smallest absolute Gasteiger partial charge is 0.233 e. The minimum absolute atomic E-state index is 0.220. The lowest BCUT2D eigenvalue weighted by Gasteiger charge is -2.35. The number of piperidine rings is 1. The summed E-state index contributed by atoms with van der Waals surface area (Å²) in [5.41, 5.74) is 2.33. The lowest BCUT2D eigenvalue weighted by Crippen LogP contribution is -2.44. The van der Waals surface area contributed by atoms with E-state index in [1.165, 1.54) is 46.9 Å². The molecule has 1 fully saturated rings. The van der Waals surface area contributed by atoms with Crippen LogP contribution in [0.5, 0.6) is 0 Å². The molecule has 1 aliphatic heterocycles. The number of rotatable bonds is 4. The van der Waals surface area contributed by atoms with Crippen molar-refractivity contribution >= 4 is 44.9 Å². The van der Waals surface area contributed by atoms with E-state index in [1.807, 2.05) is 18.3 Å². The molecular formula is C21H27N5OS2. The molecular weight excluding hydrogens is 402 g/mol. The number of hydrogen-bond acceptors (Lipinski definition) is 6. The SMILES string of the molecule is CC[C@H]1CCCCN1C(=O)CSc1nnc2c3c4c(sc3nc(C)n12)CCCC4. The highest BCUT2D eigenvalue weighted by molar-refractivity contribution is 7.99. The number of nitrogens with zero attached hydrogens (tertiary/aromatic N) is 5. The second-order valence-electron chi connectivity index (χ2n) is 8.13. The Morgan fingerprint density at radius 1 is 1.21 bits per heavy atom. The molecule has 154 valence electrons. The molecule has 5 rings (SSSR count). The Kier molecular flexibility index (Phi) is 5.24. The Morgan fingerprint density at radius 3 is 2.93 bits per heavy atom. The molecule has 3 aromatic rings. The molecule has 0 saturated carbocycles. The molecule has 4 heterocycles. The summed E-state index contributed by atoms with van der Waals surface area (Å²) in [7, 11) is 0. The van der Waals surface area contributed by atoms with Crippen molar-refractivity contribution in [3.8, 4) is 0 Å². The van der Waals surface area contributed by atoms with Crippen LogP contribution in [0, 0.1) is 6.92 Å². The van der Waals surface area contributed by atoms with Crippen molar-refractivity contribution in [1.29, 1.82) is 0 Å². The van der Waals surface area contributed by atoms with Crippen LogP contribution in [-0.2, 0) is 17.6 Å². The Balaban J connectivity index is 1.44. The third kappa shape index (κ3) is 3.34. The van der Waals surface area contributed by atoms with Crippen molar-refractivity contribution in [1.82, 2.24) is 24.5 Å². The summed E-state index contributed by atoms with van der Waals surface area (Å²) in [5, 5.41) is 11.0. The van der Waals surface area contributed by atoms with Crippen LogP contribution in [-0.4, -0.2) is 48.7 Å². The largest absolute Gasteiger partial charge is 0.339 e. The van der Waals surface area contributed by atoms with Gasteiger partial charge >= 0.3 is 0 Å². The summed E-state index contributed by atoms with van der Waals surface area (Å²) in [4.78, 5) is 22.4. The topological polar surface area (TPSA) is 63.4 Å². The molecule has 0 aromatic carbocycles. The first-order valence-corrected chi connectivity index (χ1v) is 12.6. The predicted octanol–water partition coefficient (Wildman–Crippen LogP) is 4.41. The number of thioether (sulfide) groups is 1. The standard InChI is InChI=1S/C21H27N5OS2/c1-3-14-8-6-7-11-25(14)17(27)12-28-21-24-23-19-18-15-9-4-5-10-16(15)29-20(18)22-13(2)26(19)21/h14H,3-12H2,1-2H3/t14-/m0/s1. The van der Waals surface area contributed by atoms with Gasteiger partial charge in [0, 0.05) is 17.5 Å². The van der Waals surface area contributed by atoms with Crippen molar-refractivity contribution < 1.29 is 4.79 Å². The zero-order chi connectivity index (χ0) is 20.0. The summed E-state index contributed by atoms with van der Waals surface area (Å²) in [6.45, 7) is 5.08. The third-order valence-corrected chi connectivity index (χ3v) is 8.44. The first-order valence-electron chi connectivity index (χ1n) is 10.8. The summed E-state index contributed by atoms with van der Waals surface area (Å²) in [5.74, 6) is 1.53. The van der Waals surface area contributed by atoms with E-state index in [0.717, 1.165) is 60.1 Å². The van der Waals surface area contributed by atoms with Crippen molar-refractivity contribution in [2.24, 2.45) is 0 Å². The van der Waals surface area contributed by atoms with Crippen LogP contribution < -0.4 is 0 Å². The van der Waals surface area contributed by atoms with E-state index in [9.17, 15) is 4.79 Å². The molecule has 0 N–H and O–H groups in total. The van der Waals surface area contributed by atoms with Crippen molar-refractivity contribution in [3.05, 3.63) is 16.3 Å². The maximum atomic E-state index is 12.9. The first kappa shape index (κ1) is 19.3. The van der Waals surface area contributed by atoms with Crippen LogP contribution in [0.3, 0.4) is 0 Å². The first-order chi connectivity index (χ1) is 14.2. The number of aromatic nitrogens is 4. The molecule has 2 aliphatic rings. The average molecular weight is 430 g/mol. The van der Waals surface area contributed by atoms with E-state index in [1.54, 1.807) is 0 Å². The van der Waals surface area contributed by atoms with E-state index >= 15 is 0 Å². The second-order valence-corrected chi connectivity index (χ2v) is 10.2. The highest BCUT2D eigenvalue weighted by atomic mass is 32.2. The van der Waals surface area contributed by atoms with Gasteiger partial charge in [0.15, 0.2) is 10.8 Å². The van der Waals surface area contributed by atoms with Gasteiger partial charge in [-0.3, -0.25) is 9.20 Å². The molecule has 8 heteroatoms. The van der Waals surface area contributed by atoms with Gasteiger partial charge in [0.2, 0.25) is 5.91 Å². The predicted molar refractivity (Wildman–Crippen MR) is 118 cm³/mol. The van der Waals surface area contributed by atoms with E-state index < -0.39 is 0 Å². The van der Waals surface area contributed by atoms with Gasteiger partial charge in [-0.25, -0.2) is 4.98 Å². The zero-order valence-electron chi connectivity index (χ0n) is 17.1. The van der Waals surface area contributed by atoms with Gasteiger partial charge in [0.1, 0.15) is 10.7 Å². The van der Waals surface area contributed by atoms with Crippen LogP contribution >= 0.6 is 23.1 Å². The fourth-order valence-corrected chi connectivity index (χ4v) is 7.00. The van der Waals surface area contributed by atoms with Gasteiger partial charge in [-0.15, -0.1) is 21.5 Å². The maximum Gasteiger partial charge on any atom is 0.233 e. The number of thiophene rings is 1. The molecule has 29 heavy (non-hydrogen) atoms. The average Bonchev–Trinajstić information content (AvgIpc) is 3.33. The monoisotopic (exact) mass is 429 g/mol. The van der Waals surface area contributed by atoms with Crippen LogP contribution in [0.25, 0.3) is 15.9 Å². The minimum Gasteiger partial charge on any atom is -0.339 e. The molecule has 1 atom stereocenters. The van der Waals surface area contributed by atoms with Gasteiger partial charge < -0.3 is 4.90 Å². The van der Waals surface area contributed by atoms with Crippen LogP contribution in [0.2, 0.25) is 0 Å². The summed E-state index contributed by atoms with van der Waals surface area (Å²) in [6, 6.07) is 0.396. The van der Waals surface area contributed by atoms with E-state index in [-0.39, 0.29) is 5.91 Å². The van der Waals surface area contributed by atoms with Gasteiger partial charge in [-0.1, -0.05) is 18.7 Å². The van der Waals surface area contributed by atoms with Gasteiger partial charge in [-0.2, -0.15) is 0 Å². The number of carbonyl (C=O) groups excluding carboxylic acids is 1. The molecule has 0 spiro atoms. The molecule has 1 aliphatic carbocycles. The van der Waals surface area contributed by atoms with Crippen molar-refractivity contribution in [3.63, 3.8) is 0 Å². The maximum absolute atomic E-state index is 12.9. The fraction of sp³-hybridized carbons (Fsp3) is 0.619. The van der Waals surface area contributed by atoms with Gasteiger partial charge in [0.05, 0.1) is 11.1 Å². The highest BCUT2D eigenvalue weighted by Gasteiger charge is 2.26. The van der Waals surface area contributed by atoms with Gasteiger partial charge in [0.25, 0.3) is 0 Å². The number of carbonyl (C=O) groups is 1. The van der Waals surface area contributed by atoms with E-state index in [0.29, 0.717) is 11.8 Å². The summed E-state index contributed by atoms with van der Waals surface area (Å²) >= 11 is 3.31. The zero-order valence-corrected chi connectivity index (χ0v) is 18.7. The Morgan fingerprint density at radius 2 is 2.07 bits per heavy atom. The number of amides is 1. The van der Waals surface area contributed by atoms with Crippen molar-refractivity contribution in [2.75, 3.05) is 12.3 Å². The van der Waals surface area contributed by atoms with E-state index in [2.05, 4.69) is 26.4 Å². The molecule has 1 amide bonds. The molecule has 0 radical (unpaired) electrons. The number of fused-ring (bicyclic) bond motifs is 5. The minimum atomic E-state index is 0.220. The number of hydrogen-bond donors (Lipinski definition) is 0. The Bertz CT molecular complexity index is 1070. The third-order valence-electron chi connectivity index (χ3n) is 6.34. The summed E-state index contributed by atoms with van der Waals surface area (Å²) < 4.78 is 2.05. The lowest BCUT2D eigenvalue weighted by molar-refractivity contribution is -0.132. The lowest BCUT2D eigenvalue weighted by atomic mass is 9.97. The van der Waals surface area contributed by atoms with Gasteiger partial charge in [-0.05, 0) is 63.9 Å². The van der Waals surface area contributed by atoms with Crippen LogP contribution in [0.1, 0.15) is 61.7 Å². The quantitative estimate of drug-likeness (QED) is 0.575. The summed E-state index contributed by atoms with van der Waals surface area (Å²) in [6.07, 6.45) is 9.27. The second kappa shape index (κ2) is 7.87. The molecule has 0 unspecified atom stereocenters. The van der Waals surface area contributed by atoms with Crippen LogP contribution in [0.15, 0.2) is 5.16 Å². The van der Waals surface area contributed by atoms with E-state index in [4.69, 9.17) is 4.98 Å².